The average molecular weight is 286 g/mol. The number of aryl methyl sites for hydroxylation is 1. The SMILES string of the molecule is CCCc1cc(N)cc(C2(C(=N)N(C)C=N)CC(C)C2)c1. The summed E-state index contributed by atoms with van der Waals surface area (Å²) >= 11 is 0. The van der Waals surface area contributed by atoms with E-state index in [1.54, 1.807) is 11.9 Å². The molecule has 1 aromatic rings. The molecular weight excluding hydrogens is 260 g/mol. The largest absolute Gasteiger partial charge is 0.399 e. The molecule has 21 heavy (non-hydrogen) atoms. The highest BCUT2D eigenvalue weighted by Crippen LogP contribution is 2.49. The minimum atomic E-state index is -0.274. The highest BCUT2D eigenvalue weighted by Gasteiger charge is 2.48. The van der Waals surface area contributed by atoms with Gasteiger partial charge in [0.05, 0.1) is 11.8 Å². The van der Waals surface area contributed by atoms with Crippen molar-refractivity contribution in [3.05, 3.63) is 29.3 Å². The van der Waals surface area contributed by atoms with Crippen molar-refractivity contribution in [1.29, 1.82) is 10.8 Å². The third-order valence-corrected chi connectivity index (χ3v) is 4.50. The summed E-state index contributed by atoms with van der Waals surface area (Å²) in [6.07, 6.45) is 5.23. The summed E-state index contributed by atoms with van der Waals surface area (Å²) in [5, 5.41) is 15.9. The van der Waals surface area contributed by atoms with Gasteiger partial charge in [0.2, 0.25) is 0 Å². The predicted molar refractivity (Wildman–Crippen MR) is 89.2 cm³/mol. The number of anilines is 1. The molecule has 0 amide bonds. The quantitative estimate of drug-likeness (QED) is 0.441. The molecule has 1 saturated carbocycles. The van der Waals surface area contributed by atoms with Gasteiger partial charge in [0.1, 0.15) is 5.84 Å². The van der Waals surface area contributed by atoms with Crippen LogP contribution in [0.25, 0.3) is 0 Å². The summed E-state index contributed by atoms with van der Waals surface area (Å²) in [6, 6.07) is 6.25. The zero-order valence-electron chi connectivity index (χ0n) is 13.2. The van der Waals surface area contributed by atoms with Crippen molar-refractivity contribution < 1.29 is 0 Å². The van der Waals surface area contributed by atoms with Gasteiger partial charge in [-0.2, -0.15) is 0 Å². The van der Waals surface area contributed by atoms with Crippen molar-refractivity contribution >= 4 is 17.9 Å². The second-order valence-corrected chi connectivity index (χ2v) is 6.40. The van der Waals surface area contributed by atoms with Crippen LogP contribution in [-0.4, -0.2) is 24.1 Å². The minimum Gasteiger partial charge on any atom is -0.399 e. The summed E-state index contributed by atoms with van der Waals surface area (Å²) < 4.78 is 0. The Hall–Kier alpha value is -1.84. The lowest BCUT2D eigenvalue weighted by atomic mass is 9.58. The molecule has 0 unspecified atom stereocenters. The maximum Gasteiger partial charge on any atom is 0.112 e. The second kappa shape index (κ2) is 5.88. The fourth-order valence-corrected chi connectivity index (χ4v) is 3.53. The van der Waals surface area contributed by atoms with E-state index in [2.05, 4.69) is 19.9 Å². The topological polar surface area (TPSA) is 77.0 Å². The molecule has 0 heterocycles. The van der Waals surface area contributed by atoms with E-state index in [1.807, 2.05) is 12.1 Å². The van der Waals surface area contributed by atoms with E-state index < -0.39 is 0 Å². The molecule has 1 fully saturated rings. The van der Waals surface area contributed by atoms with Gasteiger partial charge in [-0.15, -0.1) is 0 Å². The zero-order chi connectivity index (χ0) is 15.6. The van der Waals surface area contributed by atoms with Gasteiger partial charge in [-0.1, -0.05) is 26.3 Å². The average Bonchev–Trinajstić information content (AvgIpc) is 2.41. The molecule has 1 aliphatic carbocycles. The molecule has 0 spiro atoms. The van der Waals surface area contributed by atoms with E-state index in [9.17, 15) is 0 Å². The van der Waals surface area contributed by atoms with Crippen LogP contribution in [0.15, 0.2) is 18.2 Å². The first-order chi connectivity index (χ1) is 9.92. The first kappa shape index (κ1) is 15.5. The summed E-state index contributed by atoms with van der Waals surface area (Å²) in [6.45, 7) is 4.38. The van der Waals surface area contributed by atoms with E-state index in [-0.39, 0.29) is 5.41 Å². The van der Waals surface area contributed by atoms with Gasteiger partial charge in [0.15, 0.2) is 0 Å². The number of hydrogen-bond donors (Lipinski definition) is 3. The monoisotopic (exact) mass is 286 g/mol. The van der Waals surface area contributed by atoms with Gasteiger partial charge in [-0.3, -0.25) is 10.8 Å². The number of nitrogens with zero attached hydrogens (tertiary/aromatic N) is 1. The molecule has 0 bridgehead atoms. The molecule has 0 aromatic heterocycles. The molecule has 0 saturated heterocycles. The molecule has 4 N–H and O–H groups in total. The van der Waals surface area contributed by atoms with Crippen LogP contribution in [0, 0.1) is 16.7 Å². The van der Waals surface area contributed by atoms with Crippen molar-refractivity contribution in [3.8, 4) is 0 Å². The fourth-order valence-electron chi connectivity index (χ4n) is 3.53. The third-order valence-electron chi connectivity index (χ3n) is 4.50. The van der Waals surface area contributed by atoms with E-state index in [4.69, 9.17) is 16.6 Å². The molecule has 4 heteroatoms. The Morgan fingerprint density at radius 2 is 2.10 bits per heavy atom. The van der Waals surface area contributed by atoms with Crippen LogP contribution in [0.2, 0.25) is 0 Å². The van der Waals surface area contributed by atoms with Gasteiger partial charge in [-0.05, 0) is 48.4 Å². The maximum atomic E-state index is 8.50. The highest BCUT2D eigenvalue weighted by atomic mass is 15.2. The zero-order valence-corrected chi connectivity index (χ0v) is 13.2. The Balaban J connectivity index is 2.43. The normalized spacial score (nSPS) is 24.2. The Labute approximate surface area is 127 Å². The molecule has 114 valence electrons. The summed E-state index contributed by atoms with van der Waals surface area (Å²) in [7, 11) is 1.78. The summed E-state index contributed by atoms with van der Waals surface area (Å²) in [4.78, 5) is 1.61. The number of benzene rings is 1. The number of rotatable bonds is 5. The van der Waals surface area contributed by atoms with E-state index in [1.165, 1.54) is 11.9 Å². The van der Waals surface area contributed by atoms with Crippen molar-refractivity contribution in [2.75, 3.05) is 12.8 Å². The Kier molecular flexibility index (Phi) is 4.35. The third kappa shape index (κ3) is 2.80. The molecule has 0 radical (unpaired) electrons. The predicted octanol–water partition coefficient (Wildman–Crippen LogP) is 3.41. The van der Waals surface area contributed by atoms with Gasteiger partial charge < -0.3 is 10.6 Å². The fraction of sp³-hybridized carbons (Fsp3) is 0.529. The van der Waals surface area contributed by atoms with E-state index >= 15 is 0 Å². The Bertz CT molecular complexity index is 544. The lowest BCUT2D eigenvalue weighted by Gasteiger charge is -2.48. The first-order valence-electron chi connectivity index (χ1n) is 7.65. The molecular formula is C17H26N4. The molecule has 2 rings (SSSR count). The standard InChI is InChI=1S/C17H26N4/c1-4-5-13-6-14(8-15(19)7-13)17(9-12(2)10-17)16(20)21(3)11-18/h6-8,11-12,18,20H,4-5,9-10,19H2,1-3H3. The van der Waals surface area contributed by atoms with Gasteiger partial charge in [0, 0.05) is 12.7 Å². The number of nitrogen functional groups attached to an aromatic ring is 1. The second-order valence-electron chi connectivity index (χ2n) is 6.40. The van der Waals surface area contributed by atoms with Crippen molar-refractivity contribution in [3.63, 3.8) is 0 Å². The van der Waals surface area contributed by atoms with Crippen molar-refractivity contribution in [2.24, 2.45) is 5.92 Å². The van der Waals surface area contributed by atoms with Crippen molar-refractivity contribution in [1.82, 2.24) is 4.90 Å². The number of likely N-dealkylation sites (N-methyl/N-ethyl adjacent to an activating group) is 1. The van der Waals surface area contributed by atoms with Crippen molar-refractivity contribution in [2.45, 2.75) is 44.9 Å². The lowest BCUT2D eigenvalue weighted by Crippen LogP contribution is -2.52. The van der Waals surface area contributed by atoms with Crippen LogP contribution in [0.1, 0.15) is 44.2 Å². The minimum absolute atomic E-state index is 0.274. The smallest absolute Gasteiger partial charge is 0.112 e. The van der Waals surface area contributed by atoms with Gasteiger partial charge >= 0.3 is 0 Å². The van der Waals surface area contributed by atoms with E-state index in [0.29, 0.717) is 11.8 Å². The lowest BCUT2D eigenvalue weighted by molar-refractivity contribution is 0.217. The van der Waals surface area contributed by atoms with Crippen LogP contribution in [0.3, 0.4) is 0 Å². The van der Waals surface area contributed by atoms with Gasteiger partial charge in [-0.25, -0.2) is 0 Å². The highest BCUT2D eigenvalue weighted by molar-refractivity contribution is 5.98. The van der Waals surface area contributed by atoms with Gasteiger partial charge in [0.25, 0.3) is 0 Å². The maximum absolute atomic E-state index is 8.50. The van der Waals surface area contributed by atoms with Crippen LogP contribution < -0.4 is 5.73 Å². The number of amidine groups is 1. The summed E-state index contributed by atoms with van der Waals surface area (Å²) in [5.74, 6) is 1.11. The number of nitrogens with one attached hydrogen (secondary N) is 2. The van der Waals surface area contributed by atoms with Crippen LogP contribution in [0.4, 0.5) is 5.69 Å². The Morgan fingerprint density at radius 3 is 2.62 bits per heavy atom. The molecule has 0 aliphatic heterocycles. The Morgan fingerprint density at radius 1 is 1.43 bits per heavy atom. The van der Waals surface area contributed by atoms with Crippen LogP contribution in [-0.2, 0) is 11.8 Å². The number of hydrogen-bond acceptors (Lipinski definition) is 3. The first-order valence-corrected chi connectivity index (χ1v) is 7.65. The number of nitrogens with two attached hydrogens (primary N) is 1. The molecule has 1 aromatic carbocycles. The molecule has 4 nitrogen and oxygen atoms in total. The van der Waals surface area contributed by atoms with Crippen LogP contribution in [0.5, 0.6) is 0 Å². The molecule has 0 atom stereocenters. The van der Waals surface area contributed by atoms with Crippen LogP contribution >= 0.6 is 0 Å². The van der Waals surface area contributed by atoms with E-state index in [0.717, 1.165) is 36.9 Å². The summed E-state index contributed by atoms with van der Waals surface area (Å²) in [5.41, 5.74) is 8.97. The molecule has 1 aliphatic rings.